The van der Waals surface area contributed by atoms with E-state index in [1.165, 1.54) is 30.2 Å². The number of sulfonamides is 1. The lowest BCUT2D eigenvalue weighted by Crippen LogP contribution is -2.54. The van der Waals surface area contributed by atoms with E-state index in [-0.39, 0.29) is 41.1 Å². The standard InChI is InChI=1S/C36H38FN3O5S/c1-45-31-22-20-30(21-23-31)40(46(43,44)32-17-6-3-7-18-32)26-35(41)39(25-28-14-8-11-19-33(28)37)34(24-27-12-4-2-5-13-27)36(42)38-29-15-9-10-16-29/h2-8,11-14,17-23,29,34H,9-10,15-16,24-26H2,1H3,(H,38,42). The first-order valence-corrected chi connectivity index (χ1v) is 16.8. The van der Waals surface area contributed by atoms with Crippen molar-refractivity contribution in [3.8, 4) is 5.75 Å². The zero-order valence-corrected chi connectivity index (χ0v) is 26.5. The van der Waals surface area contributed by atoms with E-state index in [0.29, 0.717) is 5.75 Å². The van der Waals surface area contributed by atoms with Crippen LogP contribution in [0.1, 0.15) is 36.8 Å². The maximum absolute atomic E-state index is 15.1. The zero-order valence-electron chi connectivity index (χ0n) is 25.7. The van der Waals surface area contributed by atoms with Gasteiger partial charge in [0.2, 0.25) is 11.8 Å². The van der Waals surface area contributed by atoms with Gasteiger partial charge in [0, 0.05) is 24.6 Å². The number of amides is 2. The second-order valence-corrected chi connectivity index (χ2v) is 13.2. The fourth-order valence-electron chi connectivity index (χ4n) is 5.73. The lowest BCUT2D eigenvalue weighted by Gasteiger charge is -2.34. The van der Waals surface area contributed by atoms with Gasteiger partial charge in [-0.3, -0.25) is 13.9 Å². The molecule has 46 heavy (non-hydrogen) atoms. The van der Waals surface area contributed by atoms with Crippen LogP contribution in [0.3, 0.4) is 0 Å². The van der Waals surface area contributed by atoms with Crippen LogP contribution in [0.15, 0.2) is 114 Å². The summed E-state index contributed by atoms with van der Waals surface area (Å²) in [5.41, 5.74) is 1.26. The molecular weight excluding hydrogens is 605 g/mol. The van der Waals surface area contributed by atoms with Crippen molar-refractivity contribution in [2.24, 2.45) is 0 Å². The smallest absolute Gasteiger partial charge is 0.264 e. The third kappa shape index (κ3) is 7.92. The van der Waals surface area contributed by atoms with Crippen LogP contribution in [0.4, 0.5) is 10.1 Å². The number of methoxy groups -OCH3 is 1. The largest absolute Gasteiger partial charge is 0.497 e. The van der Waals surface area contributed by atoms with Gasteiger partial charge in [0.1, 0.15) is 24.2 Å². The summed E-state index contributed by atoms with van der Waals surface area (Å²) in [5.74, 6) is -1.03. The summed E-state index contributed by atoms with van der Waals surface area (Å²) >= 11 is 0. The normalized spacial score (nSPS) is 14.0. The van der Waals surface area contributed by atoms with E-state index in [4.69, 9.17) is 4.74 Å². The van der Waals surface area contributed by atoms with Crippen LogP contribution in [-0.4, -0.2) is 50.9 Å². The number of anilines is 1. The Morgan fingerprint density at radius 2 is 1.48 bits per heavy atom. The van der Waals surface area contributed by atoms with E-state index in [9.17, 15) is 18.0 Å². The number of rotatable bonds is 13. The van der Waals surface area contributed by atoms with Crippen molar-refractivity contribution < 1.29 is 27.1 Å². The molecule has 1 N–H and O–H groups in total. The molecule has 1 unspecified atom stereocenters. The topological polar surface area (TPSA) is 96.0 Å². The van der Waals surface area contributed by atoms with Crippen LogP contribution in [-0.2, 0) is 32.6 Å². The van der Waals surface area contributed by atoms with Crippen LogP contribution in [0.5, 0.6) is 5.75 Å². The molecule has 0 heterocycles. The highest BCUT2D eigenvalue weighted by atomic mass is 32.2. The predicted octanol–water partition coefficient (Wildman–Crippen LogP) is 5.73. The lowest BCUT2D eigenvalue weighted by atomic mass is 10.0. The third-order valence-corrected chi connectivity index (χ3v) is 10.0. The number of benzene rings is 4. The van der Waals surface area contributed by atoms with E-state index < -0.39 is 34.3 Å². The number of ether oxygens (including phenoxy) is 1. The average molecular weight is 644 g/mol. The number of carbonyl (C=O) groups excluding carboxylic acids is 2. The van der Waals surface area contributed by atoms with Gasteiger partial charge in [-0.25, -0.2) is 12.8 Å². The SMILES string of the molecule is COc1ccc(N(CC(=O)N(Cc2ccccc2F)C(Cc2ccccc2)C(=O)NC2CCCC2)S(=O)(=O)c2ccccc2)cc1. The highest BCUT2D eigenvalue weighted by molar-refractivity contribution is 7.92. The molecule has 1 aliphatic carbocycles. The van der Waals surface area contributed by atoms with Crippen LogP contribution >= 0.6 is 0 Å². The van der Waals surface area contributed by atoms with Crippen molar-refractivity contribution in [2.45, 2.75) is 55.6 Å². The molecule has 4 aromatic rings. The van der Waals surface area contributed by atoms with Gasteiger partial charge in [-0.05, 0) is 60.9 Å². The number of hydrogen-bond donors (Lipinski definition) is 1. The van der Waals surface area contributed by atoms with Crippen molar-refractivity contribution in [3.63, 3.8) is 0 Å². The van der Waals surface area contributed by atoms with E-state index in [1.807, 2.05) is 30.3 Å². The number of carbonyl (C=O) groups is 2. The van der Waals surface area contributed by atoms with Gasteiger partial charge in [-0.1, -0.05) is 79.6 Å². The number of nitrogens with one attached hydrogen (secondary N) is 1. The molecule has 10 heteroatoms. The molecule has 0 radical (unpaired) electrons. The first-order chi connectivity index (χ1) is 22.3. The number of halogens is 1. The average Bonchev–Trinajstić information content (AvgIpc) is 3.60. The van der Waals surface area contributed by atoms with Crippen molar-refractivity contribution >= 4 is 27.5 Å². The summed E-state index contributed by atoms with van der Waals surface area (Å²) in [6.45, 7) is -0.858. The van der Waals surface area contributed by atoms with Crippen LogP contribution in [0, 0.1) is 5.82 Å². The molecule has 1 saturated carbocycles. The highest BCUT2D eigenvalue weighted by Crippen LogP contribution is 2.27. The molecule has 0 aromatic heterocycles. The van der Waals surface area contributed by atoms with Gasteiger partial charge in [0.05, 0.1) is 17.7 Å². The molecule has 0 saturated heterocycles. The van der Waals surface area contributed by atoms with Crippen molar-refractivity contribution in [1.82, 2.24) is 10.2 Å². The monoisotopic (exact) mass is 643 g/mol. The van der Waals surface area contributed by atoms with Gasteiger partial charge in [-0.2, -0.15) is 0 Å². The molecule has 1 aliphatic rings. The Hall–Kier alpha value is -4.70. The van der Waals surface area contributed by atoms with Gasteiger partial charge in [0.25, 0.3) is 10.0 Å². The first kappa shape index (κ1) is 32.7. The Labute approximate surface area is 269 Å². The molecule has 0 spiro atoms. The second-order valence-electron chi connectivity index (χ2n) is 11.3. The Morgan fingerprint density at radius 1 is 0.870 bits per heavy atom. The van der Waals surface area contributed by atoms with E-state index in [2.05, 4.69) is 5.32 Å². The minimum absolute atomic E-state index is 0.000848. The minimum Gasteiger partial charge on any atom is -0.497 e. The Bertz CT molecular complexity index is 1710. The van der Waals surface area contributed by atoms with Crippen LogP contribution in [0.25, 0.3) is 0 Å². The van der Waals surface area contributed by atoms with Gasteiger partial charge >= 0.3 is 0 Å². The molecule has 0 bridgehead atoms. The molecule has 2 amide bonds. The minimum atomic E-state index is -4.24. The van der Waals surface area contributed by atoms with Gasteiger partial charge in [0.15, 0.2) is 0 Å². The predicted molar refractivity (Wildman–Crippen MR) is 175 cm³/mol. The van der Waals surface area contributed by atoms with Crippen LogP contribution < -0.4 is 14.4 Å². The molecule has 4 aromatic carbocycles. The maximum atomic E-state index is 15.1. The Balaban J connectivity index is 1.56. The van der Waals surface area contributed by atoms with Crippen LogP contribution in [0.2, 0.25) is 0 Å². The summed E-state index contributed by atoms with van der Waals surface area (Å²) in [7, 11) is -2.74. The lowest BCUT2D eigenvalue weighted by molar-refractivity contribution is -0.140. The number of nitrogens with zero attached hydrogens (tertiary/aromatic N) is 2. The van der Waals surface area contributed by atoms with Crippen molar-refractivity contribution in [2.75, 3.05) is 18.0 Å². The highest BCUT2D eigenvalue weighted by Gasteiger charge is 2.36. The third-order valence-electron chi connectivity index (χ3n) is 8.24. The first-order valence-electron chi connectivity index (χ1n) is 15.4. The number of hydrogen-bond acceptors (Lipinski definition) is 5. The van der Waals surface area contributed by atoms with Gasteiger partial charge in [-0.15, -0.1) is 0 Å². The summed E-state index contributed by atoms with van der Waals surface area (Å²) in [4.78, 5) is 29.8. The fourth-order valence-corrected chi connectivity index (χ4v) is 7.16. The summed E-state index contributed by atoms with van der Waals surface area (Å²) in [5, 5.41) is 3.12. The quantitative estimate of drug-likeness (QED) is 0.201. The summed E-state index contributed by atoms with van der Waals surface area (Å²) in [6.07, 6.45) is 3.84. The molecule has 240 valence electrons. The second kappa shape index (κ2) is 15.1. The summed E-state index contributed by atoms with van der Waals surface area (Å²) in [6, 6.07) is 28.5. The van der Waals surface area contributed by atoms with Gasteiger partial charge < -0.3 is 15.0 Å². The van der Waals surface area contributed by atoms with Crippen molar-refractivity contribution in [1.29, 1.82) is 0 Å². The molecule has 1 fully saturated rings. The fraction of sp³-hybridized carbons (Fsp3) is 0.278. The molecule has 5 rings (SSSR count). The molecule has 1 atom stereocenters. The van der Waals surface area contributed by atoms with Crippen molar-refractivity contribution in [3.05, 3.63) is 126 Å². The van der Waals surface area contributed by atoms with E-state index >= 15 is 4.39 Å². The summed E-state index contributed by atoms with van der Waals surface area (Å²) < 4.78 is 49.5. The molecule has 0 aliphatic heterocycles. The Kier molecular flexibility index (Phi) is 10.7. The maximum Gasteiger partial charge on any atom is 0.264 e. The van der Waals surface area contributed by atoms with E-state index in [1.54, 1.807) is 60.7 Å². The zero-order chi connectivity index (χ0) is 32.5. The molecule has 8 nitrogen and oxygen atoms in total. The Morgan fingerprint density at radius 3 is 2.11 bits per heavy atom. The van der Waals surface area contributed by atoms with E-state index in [0.717, 1.165) is 35.6 Å². The molecular formula is C36H38FN3O5S.